The van der Waals surface area contributed by atoms with Gasteiger partial charge in [0.15, 0.2) is 0 Å². The largest absolute Gasteiger partial charge is 0.425 e. The Kier molecular flexibility index (Phi) is 35.6. The molecule has 20 fully saturated rings. The number of halogens is 5. The summed E-state index contributed by atoms with van der Waals surface area (Å²) in [7, 11) is 2.19. The number of amides is 3. The topological polar surface area (TPSA) is 242 Å². The zero-order valence-electron chi connectivity index (χ0n) is 68.4. The molecule has 20 bridgehead atoms. The lowest BCUT2D eigenvalue weighted by molar-refractivity contribution is -0.149. The quantitative estimate of drug-likeness (QED) is 0.0194. The van der Waals surface area contributed by atoms with E-state index >= 15 is 0 Å². The first kappa shape index (κ1) is 92.5. The number of carbonyl (C=O) groups is 4. The highest BCUT2D eigenvalue weighted by molar-refractivity contribution is 14.0. The van der Waals surface area contributed by atoms with Gasteiger partial charge in [0.05, 0.1) is 16.2 Å². The van der Waals surface area contributed by atoms with Crippen molar-refractivity contribution in [2.24, 2.45) is 112 Å². The van der Waals surface area contributed by atoms with Crippen molar-refractivity contribution in [2.75, 3.05) is 25.0 Å². The van der Waals surface area contributed by atoms with Crippen molar-refractivity contribution < 1.29 is 34.1 Å². The highest BCUT2D eigenvalue weighted by Gasteiger charge is 2.59. The van der Waals surface area contributed by atoms with Gasteiger partial charge < -0.3 is 18.3 Å². The van der Waals surface area contributed by atoms with Gasteiger partial charge in [-0.05, 0) is 345 Å². The number of hydrazine groups is 2. The predicted octanol–water partition coefficient (Wildman–Crippen LogP) is 20.7. The van der Waals surface area contributed by atoms with Crippen LogP contribution in [0.1, 0.15) is 356 Å². The number of aryl methyl sites for hydroxylation is 3. The van der Waals surface area contributed by atoms with Gasteiger partial charge in [0.25, 0.3) is 0 Å². The second kappa shape index (κ2) is 42.4. The lowest BCUT2D eigenvalue weighted by Crippen LogP contribution is -2.56. The van der Waals surface area contributed by atoms with Crippen molar-refractivity contribution in [1.82, 2.24) is 56.3 Å². The van der Waals surface area contributed by atoms with Gasteiger partial charge in [0.2, 0.25) is 46.5 Å². The van der Waals surface area contributed by atoms with E-state index in [4.69, 9.17) is 49.5 Å². The van der Waals surface area contributed by atoms with E-state index in [2.05, 4.69) is 112 Å². The fourth-order valence-electron chi connectivity index (χ4n) is 26.7. The maximum atomic E-state index is 12.5. The standard InChI is InChI=1S/C16H25N3.C16H26N2O2.C16H24N2O.C15H22N2O.C11H18N2O.C6H15N.C5H9ClO.CH2Cl2.CH4.FH.HI.H2/c1-3-4-14-17-18-15(19(14)2)16-8-11-5-12(9-16)7-13(6-11)10-16;1-2-3-4-14(19)17-18-15(20)16-8-11-5-12(9-16)7-13(6-11)10-16;1-2-3-4-14-17-18-15(19-14)16-8-11-5-12(9-16)7-13(6-11)10-16;1-2-3-13-16-17-14(18-13)15-7-10-4-11(8-15)6-12(5-10)9-15;12-13-10(14)11-4-7-1-8(5-11)3-9(2-7)6-11;1-4-7(5-2)6-3;1-2-3-4-5(6)7;2-1-3;;;;/h11-13H,3-10H2,1-2H3;11-13H,2-10H2,1H3,(H,17,19)(H,18,20);11-13H,2-10H2,1H3;10-12H,2-9H2,1H3;7-9H,1-6,12H2,(H,13,14);4-6H2,1-3H3;2-4H2,1H3;1H2;1H4;3*1H. The second-order valence-corrected chi connectivity index (χ2v) is 39.1. The first-order valence-electron chi connectivity index (χ1n) is 43.8. The molecule has 20 aliphatic rings. The van der Waals surface area contributed by atoms with E-state index in [0.29, 0.717) is 18.3 Å². The van der Waals surface area contributed by atoms with E-state index in [9.17, 15) is 19.2 Å². The normalized spacial score (nSPS) is 35.1. The Labute approximate surface area is 695 Å². The van der Waals surface area contributed by atoms with Gasteiger partial charge in [0, 0.05) is 56.8 Å². The molecule has 20 aliphatic carbocycles. The summed E-state index contributed by atoms with van der Waals surface area (Å²) >= 11 is 14.5. The van der Waals surface area contributed by atoms with Gasteiger partial charge in [-0.25, -0.2) is 5.84 Å². The van der Waals surface area contributed by atoms with E-state index in [1.807, 2.05) is 6.92 Å². The predicted molar refractivity (Wildman–Crippen MR) is 452 cm³/mol. The van der Waals surface area contributed by atoms with Crippen molar-refractivity contribution in [3.63, 3.8) is 0 Å². The molecule has 20 saturated carbocycles. The summed E-state index contributed by atoms with van der Waals surface area (Å²) in [5.74, 6) is 24.9. The van der Waals surface area contributed by atoms with Gasteiger partial charge in [-0.3, -0.25) is 40.2 Å². The Bertz CT molecular complexity index is 3150. The summed E-state index contributed by atoms with van der Waals surface area (Å²) in [6.45, 7) is 20.8. The molecule has 0 unspecified atom stereocenters. The third-order valence-electron chi connectivity index (χ3n) is 29.4. The number of aromatic nitrogens is 7. The summed E-state index contributed by atoms with van der Waals surface area (Å²) < 4.78 is 14.4. The molecule has 0 spiro atoms. The number of nitrogens with one attached hydrogen (secondary N) is 3. The number of nitrogens with zero attached hydrogens (tertiary/aromatic N) is 8. The van der Waals surface area contributed by atoms with Gasteiger partial charge in [-0.2, -0.15) is 0 Å². The van der Waals surface area contributed by atoms with E-state index in [0.717, 1.165) is 215 Å². The molecule has 3 aromatic heterocycles. The average molecular weight is 1710 g/mol. The summed E-state index contributed by atoms with van der Waals surface area (Å²) in [6, 6.07) is 0. The molecule has 3 heterocycles. The Balaban J connectivity index is 0.000000182. The average Bonchev–Trinajstić information content (AvgIpc) is 1.74. The SMILES string of the molecule is C.CCCCC(=O)Cl.CCCCC(=O)NNC(=O)C12CC3CC(CC(C3)C1)C2.CCCCc1nnc(C23CC4CC(CC(C4)C2)C3)o1.CCCc1nnc(C23CC4CC(CC(C4)C2)C3)n1C.CCCc1nnc(C23CC4CC(CC(C4)C2)C3)o1.CCN(CC)CC.ClCCl.F.I.NNC(=O)C12CC3CC(CC(C3)C1)C2.[HH]. The molecule has 0 aliphatic heterocycles. The minimum atomic E-state index is -0.221. The molecule has 0 radical (unpaired) electrons. The van der Waals surface area contributed by atoms with Gasteiger partial charge in [0.1, 0.15) is 11.6 Å². The highest BCUT2D eigenvalue weighted by Crippen LogP contribution is 2.65. The molecule has 110 heavy (non-hydrogen) atoms. The molecule has 3 amide bonds. The molecule has 0 atom stereocenters. The molecule has 23 rings (SSSR count). The van der Waals surface area contributed by atoms with Gasteiger partial charge in [-0.15, -0.1) is 77.8 Å². The lowest BCUT2D eigenvalue weighted by Gasteiger charge is -2.56. The van der Waals surface area contributed by atoms with Gasteiger partial charge >= 0.3 is 0 Å². The van der Waals surface area contributed by atoms with Crippen molar-refractivity contribution in [3.8, 4) is 0 Å². The van der Waals surface area contributed by atoms with Crippen LogP contribution in [0.5, 0.6) is 0 Å². The summed E-state index contributed by atoms with van der Waals surface area (Å²) in [6.07, 6.45) is 52.2. The molecule has 5 N–H and O–H groups in total. The van der Waals surface area contributed by atoms with Gasteiger partial charge in [-0.1, -0.05) is 82.1 Å². The van der Waals surface area contributed by atoms with Crippen LogP contribution in [0.2, 0.25) is 0 Å². The van der Waals surface area contributed by atoms with Crippen LogP contribution in [0.3, 0.4) is 0 Å². The monoisotopic (exact) mass is 1710 g/mol. The van der Waals surface area contributed by atoms with Crippen LogP contribution < -0.4 is 22.1 Å². The minimum absolute atomic E-state index is 0. The molecular weight excluding hydrogens is 1560 g/mol. The molecule has 23 heteroatoms. The molecular formula is C87H149Cl3FIN12O6. The fourth-order valence-corrected chi connectivity index (χ4v) is 26.8. The Morgan fingerprint density at radius 3 is 1.06 bits per heavy atom. The number of alkyl halides is 2. The van der Waals surface area contributed by atoms with Crippen LogP contribution in [-0.2, 0) is 61.7 Å². The van der Waals surface area contributed by atoms with Crippen LogP contribution in [0.15, 0.2) is 8.83 Å². The van der Waals surface area contributed by atoms with Crippen LogP contribution in [0, 0.1) is 99.6 Å². The molecule has 628 valence electrons. The van der Waals surface area contributed by atoms with E-state index in [1.165, 1.54) is 192 Å². The lowest BCUT2D eigenvalue weighted by atomic mass is 9.49. The number of carbonyl (C=O) groups excluding carboxylic acids is 4. The number of nitrogens with two attached hydrogens (primary N) is 1. The Morgan fingerprint density at radius 1 is 0.445 bits per heavy atom. The summed E-state index contributed by atoms with van der Waals surface area (Å²) in [4.78, 5) is 48.3. The Morgan fingerprint density at radius 2 is 0.764 bits per heavy atom. The highest BCUT2D eigenvalue weighted by atomic mass is 127. The smallest absolute Gasteiger partial charge is 0.244 e. The number of unbranched alkanes of at least 4 members (excludes halogenated alkanes) is 3. The maximum Gasteiger partial charge on any atom is 0.244 e. The number of hydrogen-bond acceptors (Lipinski definition) is 14. The second-order valence-electron chi connectivity index (χ2n) is 37.9. The number of rotatable bonds is 21. The van der Waals surface area contributed by atoms with Crippen molar-refractivity contribution in [2.45, 2.75) is 355 Å². The first-order valence-corrected chi connectivity index (χ1v) is 45.2. The fraction of sp³-hybridized carbons (Fsp3) is 0.885. The van der Waals surface area contributed by atoms with Crippen molar-refractivity contribution >= 4 is 81.7 Å². The molecule has 0 aromatic carbocycles. The third-order valence-corrected chi connectivity index (χ3v) is 29.6. The van der Waals surface area contributed by atoms with Crippen molar-refractivity contribution in [1.29, 1.82) is 0 Å². The van der Waals surface area contributed by atoms with Crippen LogP contribution in [0.25, 0.3) is 0 Å². The number of hydrogen-bond donors (Lipinski definition) is 4. The molecule has 3 aromatic rings. The van der Waals surface area contributed by atoms with Crippen LogP contribution in [0.4, 0.5) is 4.70 Å². The Hall–Kier alpha value is -3.05. The van der Waals surface area contributed by atoms with E-state index < -0.39 is 0 Å². The van der Waals surface area contributed by atoms with E-state index in [-0.39, 0.29) is 87.5 Å². The van der Waals surface area contributed by atoms with Crippen LogP contribution >= 0.6 is 58.8 Å². The zero-order chi connectivity index (χ0) is 76.1. The molecule has 0 saturated heterocycles. The molecule has 18 nitrogen and oxygen atoms in total. The summed E-state index contributed by atoms with van der Waals surface area (Å²) in [5.41, 5.74) is 8.39. The van der Waals surface area contributed by atoms with Crippen LogP contribution in [-0.4, -0.2) is 88.0 Å². The third kappa shape index (κ3) is 22.6. The maximum absolute atomic E-state index is 12.5. The summed E-state index contributed by atoms with van der Waals surface area (Å²) in [5, 5.41) is 26.5. The van der Waals surface area contributed by atoms with Crippen molar-refractivity contribution in [3.05, 3.63) is 35.2 Å². The first-order chi connectivity index (χ1) is 51.6. The zero-order valence-corrected chi connectivity index (χ0v) is 73.0. The van der Waals surface area contributed by atoms with E-state index in [1.54, 1.807) is 0 Å². The minimum Gasteiger partial charge on any atom is -0.425 e.